The van der Waals surface area contributed by atoms with Gasteiger partial charge < -0.3 is 25.7 Å². The molecule has 6 nitrogen and oxygen atoms in total. The van der Waals surface area contributed by atoms with Crippen molar-refractivity contribution in [2.75, 3.05) is 26.3 Å². The number of oxime groups is 1. The fraction of sp³-hybridized carbons (Fsp3) is 0.500. The van der Waals surface area contributed by atoms with Gasteiger partial charge in [-0.05, 0) is 43.6 Å². The molecule has 6 heteroatoms. The molecular weight excluding hydrogens is 258 g/mol. The molecule has 110 valence electrons. The average Bonchev–Trinajstić information content (AvgIpc) is 2.50. The van der Waals surface area contributed by atoms with Crippen molar-refractivity contribution in [1.82, 2.24) is 5.32 Å². The molecule has 0 spiro atoms. The molecule has 1 aromatic rings. The van der Waals surface area contributed by atoms with Crippen LogP contribution in [0.1, 0.15) is 18.4 Å². The van der Waals surface area contributed by atoms with Gasteiger partial charge in [-0.1, -0.05) is 11.2 Å². The lowest BCUT2D eigenvalue weighted by atomic mass is 10.1. The molecule has 0 aromatic heterocycles. The van der Waals surface area contributed by atoms with E-state index in [1.807, 2.05) is 12.1 Å². The summed E-state index contributed by atoms with van der Waals surface area (Å²) in [7, 11) is 0. The number of fused-ring (bicyclic) bond motifs is 1. The molecule has 0 amide bonds. The molecule has 0 fully saturated rings. The minimum atomic E-state index is 0.277. The van der Waals surface area contributed by atoms with E-state index in [9.17, 15) is 0 Å². The van der Waals surface area contributed by atoms with Crippen LogP contribution < -0.4 is 20.5 Å². The Hall–Kier alpha value is -1.95. The zero-order chi connectivity index (χ0) is 14.2. The monoisotopic (exact) mass is 279 g/mol. The number of hydrogen-bond donors (Lipinski definition) is 3. The second kappa shape index (κ2) is 7.59. The van der Waals surface area contributed by atoms with Crippen molar-refractivity contribution in [3.8, 4) is 11.5 Å². The van der Waals surface area contributed by atoms with Gasteiger partial charge in [-0.2, -0.15) is 0 Å². The summed E-state index contributed by atoms with van der Waals surface area (Å²) in [5.74, 6) is 1.94. The quantitative estimate of drug-likeness (QED) is 0.229. The molecule has 0 saturated heterocycles. The molecule has 2 rings (SSSR count). The summed E-state index contributed by atoms with van der Waals surface area (Å²) in [5, 5.41) is 14.7. The summed E-state index contributed by atoms with van der Waals surface area (Å²) in [4.78, 5) is 0. The third-order valence-corrected chi connectivity index (χ3v) is 3.11. The van der Waals surface area contributed by atoms with Crippen LogP contribution in [0.3, 0.4) is 0 Å². The lowest BCUT2D eigenvalue weighted by Crippen LogP contribution is -2.21. The molecule has 0 unspecified atom stereocenters. The van der Waals surface area contributed by atoms with Gasteiger partial charge in [0, 0.05) is 6.42 Å². The van der Waals surface area contributed by atoms with Crippen molar-refractivity contribution in [3.05, 3.63) is 23.8 Å². The van der Waals surface area contributed by atoms with Crippen molar-refractivity contribution in [3.63, 3.8) is 0 Å². The Morgan fingerprint density at radius 3 is 2.85 bits per heavy atom. The molecule has 0 aliphatic carbocycles. The van der Waals surface area contributed by atoms with E-state index in [1.165, 1.54) is 5.56 Å². The van der Waals surface area contributed by atoms with Crippen molar-refractivity contribution in [2.45, 2.75) is 19.3 Å². The topological polar surface area (TPSA) is 89.1 Å². The Labute approximate surface area is 118 Å². The maximum Gasteiger partial charge on any atom is 0.161 e. The van der Waals surface area contributed by atoms with Gasteiger partial charge in [-0.25, -0.2) is 0 Å². The van der Waals surface area contributed by atoms with E-state index >= 15 is 0 Å². The first-order valence-corrected chi connectivity index (χ1v) is 6.85. The van der Waals surface area contributed by atoms with Crippen molar-refractivity contribution >= 4 is 5.84 Å². The van der Waals surface area contributed by atoms with Gasteiger partial charge in [-0.3, -0.25) is 0 Å². The molecule has 1 heterocycles. The Morgan fingerprint density at radius 1 is 1.25 bits per heavy atom. The minimum Gasteiger partial charge on any atom is -0.486 e. The fourth-order valence-corrected chi connectivity index (χ4v) is 2.05. The zero-order valence-corrected chi connectivity index (χ0v) is 11.5. The van der Waals surface area contributed by atoms with Crippen LogP contribution in [0, 0.1) is 0 Å². The average molecular weight is 279 g/mol. The highest BCUT2D eigenvalue weighted by molar-refractivity contribution is 5.79. The van der Waals surface area contributed by atoms with Gasteiger partial charge >= 0.3 is 0 Å². The summed E-state index contributed by atoms with van der Waals surface area (Å²) in [6.45, 7) is 2.97. The van der Waals surface area contributed by atoms with E-state index in [-0.39, 0.29) is 5.84 Å². The van der Waals surface area contributed by atoms with Gasteiger partial charge in [0.1, 0.15) is 19.0 Å². The standard InChI is InChI=1S/C14H21N3O3/c15-14(17-18)2-1-6-16-7-5-11-3-4-12-13(10-11)20-9-8-19-12/h3-4,10,16,18H,1-2,5-9H2,(H2,15,17). The molecule has 0 bridgehead atoms. The van der Waals surface area contributed by atoms with E-state index in [2.05, 4.69) is 16.5 Å². The maximum atomic E-state index is 8.40. The van der Waals surface area contributed by atoms with Crippen LogP contribution in [0.4, 0.5) is 0 Å². The molecule has 4 N–H and O–H groups in total. The number of ether oxygens (including phenoxy) is 2. The summed E-state index contributed by atoms with van der Waals surface area (Å²) in [6, 6.07) is 6.06. The highest BCUT2D eigenvalue weighted by Gasteiger charge is 2.11. The molecule has 1 aliphatic heterocycles. The second-order valence-corrected chi connectivity index (χ2v) is 4.67. The third-order valence-electron chi connectivity index (χ3n) is 3.11. The number of nitrogens with two attached hydrogens (primary N) is 1. The van der Waals surface area contributed by atoms with Crippen LogP contribution in [-0.2, 0) is 6.42 Å². The Bertz CT molecular complexity index is 463. The van der Waals surface area contributed by atoms with E-state index in [4.69, 9.17) is 20.4 Å². The van der Waals surface area contributed by atoms with Crippen molar-refractivity contribution in [1.29, 1.82) is 0 Å². The van der Waals surface area contributed by atoms with Crippen LogP contribution in [0.5, 0.6) is 11.5 Å². The van der Waals surface area contributed by atoms with Crippen LogP contribution in [-0.4, -0.2) is 37.3 Å². The Balaban J connectivity index is 1.67. The SMILES string of the molecule is NC(CCCNCCc1ccc2c(c1)OCCO2)=NO. The number of amidine groups is 1. The number of nitrogens with zero attached hydrogens (tertiary/aromatic N) is 1. The summed E-state index contributed by atoms with van der Waals surface area (Å²) < 4.78 is 11.0. The van der Waals surface area contributed by atoms with Crippen molar-refractivity contribution < 1.29 is 14.7 Å². The first-order valence-electron chi connectivity index (χ1n) is 6.85. The molecule has 0 radical (unpaired) electrons. The zero-order valence-electron chi connectivity index (χ0n) is 11.5. The van der Waals surface area contributed by atoms with Gasteiger partial charge in [0.25, 0.3) is 0 Å². The minimum absolute atomic E-state index is 0.277. The van der Waals surface area contributed by atoms with E-state index in [0.29, 0.717) is 19.6 Å². The molecular formula is C14H21N3O3. The molecule has 0 atom stereocenters. The first-order chi connectivity index (χ1) is 9.79. The van der Waals surface area contributed by atoms with Gasteiger partial charge in [-0.15, -0.1) is 0 Å². The predicted molar refractivity (Wildman–Crippen MR) is 76.6 cm³/mol. The Morgan fingerprint density at radius 2 is 2.05 bits per heavy atom. The van der Waals surface area contributed by atoms with Crippen LogP contribution >= 0.6 is 0 Å². The third kappa shape index (κ3) is 4.31. The highest BCUT2D eigenvalue weighted by Crippen LogP contribution is 2.30. The number of benzene rings is 1. The lowest BCUT2D eigenvalue weighted by Gasteiger charge is -2.18. The van der Waals surface area contributed by atoms with Gasteiger partial charge in [0.05, 0.1) is 0 Å². The van der Waals surface area contributed by atoms with Crippen LogP contribution in [0.25, 0.3) is 0 Å². The van der Waals surface area contributed by atoms with Gasteiger partial charge in [0.15, 0.2) is 11.5 Å². The van der Waals surface area contributed by atoms with E-state index in [0.717, 1.165) is 37.4 Å². The fourth-order valence-electron chi connectivity index (χ4n) is 2.05. The highest BCUT2D eigenvalue weighted by atomic mass is 16.6. The normalized spacial score (nSPS) is 14.3. The largest absolute Gasteiger partial charge is 0.486 e. The molecule has 1 aliphatic rings. The number of hydrogen-bond acceptors (Lipinski definition) is 5. The summed E-state index contributed by atoms with van der Waals surface area (Å²) in [6.07, 6.45) is 2.39. The van der Waals surface area contributed by atoms with E-state index in [1.54, 1.807) is 0 Å². The van der Waals surface area contributed by atoms with Crippen LogP contribution in [0.15, 0.2) is 23.4 Å². The Kier molecular flexibility index (Phi) is 5.49. The summed E-state index contributed by atoms with van der Waals surface area (Å²) in [5.41, 5.74) is 6.61. The smallest absolute Gasteiger partial charge is 0.161 e. The predicted octanol–water partition coefficient (Wildman–Crippen LogP) is 1.12. The van der Waals surface area contributed by atoms with Crippen molar-refractivity contribution in [2.24, 2.45) is 10.9 Å². The van der Waals surface area contributed by atoms with Crippen LogP contribution in [0.2, 0.25) is 0 Å². The van der Waals surface area contributed by atoms with E-state index < -0.39 is 0 Å². The summed E-state index contributed by atoms with van der Waals surface area (Å²) >= 11 is 0. The lowest BCUT2D eigenvalue weighted by molar-refractivity contribution is 0.171. The molecule has 1 aromatic carbocycles. The maximum absolute atomic E-state index is 8.40. The van der Waals surface area contributed by atoms with Gasteiger partial charge in [0.2, 0.25) is 0 Å². The number of rotatable bonds is 7. The second-order valence-electron chi connectivity index (χ2n) is 4.67. The molecule has 0 saturated carbocycles. The first kappa shape index (κ1) is 14.5. The number of nitrogens with one attached hydrogen (secondary N) is 1. The molecule has 20 heavy (non-hydrogen) atoms.